The molecule has 2 unspecified atom stereocenters. The van der Waals surface area contributed by atoms with Gasteiger partial charge in [0.2, 0.25) is 5.91 Å². The molecule has 0 aromatic heterocycles. The van der Waals surface area contributed by atoms with Crippen LogP contribution >= 0.6 is 0 Å². The lowest BCUT2D eigenvalue weighted by atomic mass is 10.0. The topological polar surface area (TPSA) is 64.3 Å². The second kappa shape index (κ2) is 4.28. The number of ether oxygens (including phenoxy) is 1. The predicted molar refractivity (Wildman–Crippen MR) is 52.7 cm³/mol. The second-order valence-corrected chi connectivity index (χ2v) is 4.30. The van der Waals surface area contributed by atoms with Crippen LogP contribution in [0.5, 0.6) is 0 Å². The molecule has 1 saturated carbocycles. The summed E-state index contributed by atoms with van der Waals surface area (Å²) in [5, 5.41) is 3.05. The van der Waals surface area contributed by atoms with Gasteiger partial charge < -0.3 is 15.8 Å². The third kappa shape index (κ3) is 2.07. The van der Waals surface area contributed by atoms with Crippen molar-refractivity contribution < 1.29 is 9.53 Å². The Morgan fingerprint density at radius 2 is 2.00 bits per heavy atom. The van der Waals surface area contributed by atoms with E-state index in [4.69, 9.17) is 10.5 Å². The molecule has 0 aromatic carbocycles. The first-order valence-corrected chi connectivity index (χ1v) is 5.41. The van der Waals surface area contributed by atoms with Gasteiger partial charge >= 0.3 is 0 Å². The summed E-state index contributed by atoms with van der Waals surface area (Å²) >= 11 is 0. The Morgan fingerprint density at radius 1 is 1.29 bits per heavy atom. The van der Waals surface area contributed by atoms with Crippen molar-refractivity contribution in [1.29, 1.82) is 0 Å². The van der Waals surface area contributed by atoms with Crippen molar-refractivity contribution in [3.05, 3.63) is 0 Å². The third-order valence-corrected chi connectivity index (χ3v) is 3.16. The van der Waals surface area contributed by atoms with E-state index in [0.29, 0.717) is 19.3 Å². The Labute approximate surface area is 84.2 Å². The lowest BCUT2D eigenvalue weighted by molar-refractivity contribution is -0.125. The molecule has 1 aliphatic carbocycles. The molecule has 2 atom stereocenters. The zero-order chi connectivity index (χ0) is 9.97. The van der Waals surface area contributed by atoms with Gasteiger partial charge in [0, 0.05) is 12.1 Å². The van der Waals surface area contributed by atoms with Crippen LogP contribution in [0.25, 0.3) is 0 Å². The maximum Gasteiger partial charge on any atom is 0.227 e. The van der Waals surface area contributed by atoms with Crippen molar-refractivity contribution >= 4 is 5.91 Å². The van der Waals surface area contributed by atoms with Gasteiger partial charge in [0.15, 0.2) is 0 Å². The zero-order valence-corrected chi connectivity index (χ0v) is 8.37. The van der Waals surface area contributed by atoms with Gasteiger partial charge in [-0.2, -0.15) is 0 Å². The van der Waals surface area contributed by atoms with E-state index in [1.807, 2.05) is 0 Å². The Hall–Kier alpha value is -0.610. The fourth-order valence-electron chi connectivity index (χ4n) is 2.22. The van der Waals surface area contributed by atoms with Crippen LogP contribution in [0.3, 0.4) is 0 Å². The Kier molecular flexibility index (Phi) is 3.03. The molecule has 80 valence electrons. The van der Waals surface area contributed by atoms with Crippen molar-refractivity contribution in [3.63, 3.8) is 0 Å². The van der Waals surface area contributed by atoms with E-state index in [9.17, 15) is 4.79 Å². The van der Waals surface area contributed by atoms with E-state index in [1.165, 1.54) is 12.8 Å². The number of hydrogen-bond acceptors (Lipinski definition) is 3. The fourth-order valence-corrected chi connectivity index (χ4v) is 2.22. The average molecular weight is 198 g/mol. The highest BCUT2D eigenvalue weighted by Gasteiger charge is 2.32. The van der Waals surface area contributed by atoms with Crippen LogP contribution in [0.4, 0.5) is 0 Å². The molecule has 0 spiro atoms. The summed E-state index contributed by atoms with van der Waals surface area (Å²) in [6, 6.07) is 0.270. The standard InChI is InChI=1S/C10H18N2O2/c11-9-6-14-5-8(9)10(13)12-7-3-1-2-4-7/h7-9H,1-6,11H2,(H,12,13). The summed E-state index contributed by atoms with van der Waals surface area (Å²) in [4.78, 5) is 11.7. The minimum atomic E-state index is -0.129. The van der Waals surface area contributed by atoms with E-state index >= 15 is 0 Å². The van der Waals surface area contributed by atoms with Gasteiger partial charge in [0.25, 0.3) is 0 Å². The van der Waals surface area contributed by atoms with Crippen molar-refractivity contribution in [2.45, 2.75) is 37.8 Å². The van der Waals surface area contributed by atoms with Crippen LogP contribution in [0.1, 0.15) is 25.7 Å². The Bertz CT molecular complexity index is 214. The quantitative estimate of drug-likeness (QED) is 0.657. The van der Waals surface area contributed by atoms with Crippen molar-refractivity contribution in [2.24, 2.45) is 11.7 Å². The van der Waals surface area contributed by atoms with Crippen LogP contribution in [-0.2, 0) is 9.53 Å². The van der Waals surface area contributed by atoms with E-state index in [0.717, 1.165) is 12.8 Å². The summed E-state index contributed by atoms with van der Waals surface area (Å²) < 4.78 is 5.17. The molecule has 0 radical (unpaired) electrons. The first-order valence-electron chi connectivity index (χ1n) is 5.41. The summed E-state index contributed by atoms with van der Waals surface area (Å²) in [6.07, 6.45) is 4.71. The highest BCUT2D eigenvalue weighted by Crippen LogP contribution is 2.19. The van der Waals surface area contributed by atoms with Gasteiger partial charge in [0.05, 0.1) is 19.1 Å². The van der Waals surface area contributed by atoms with Gasteiger partial charge in [-0.1, -0.05) is 12.8 Å². The number of nitrogens with one attached hydrogen (secondary N) is 1. The number of carbonyl (C=O) groups is 1. The van der Waals surface area contributed by atoms with Crippen molar-refractivity contribution in [2.75, 3.05) is 13.2 Å². The van der Waals surface area contributed by atoms with Gasteiger partial charge in [-0.3, -0.25) is 4.79 Å². The fraction of sp³-hybridized carbons (Fsp3) is 0.900. The van der Waals surface area contributed by atoms with E-state index in [2.05, 4.69) is 5.32 Å². The molecule has 14 heavy (non-hydrogen) atoms. The molecule has 0 aromatic rings. The van der Waals surface area contributed by atoms with E-state index in [-0.39, 0.29) is 17.9 Å². The smallest absolute Gasteiger partial charge is 0.227 e. The molecule has 1 saturated heterocycles. The second-order valence-electron chi connectivity index (χ2n) is 4.30. The average Bonchev–Trinajstić information content (AvgIpc) is 2.75. The van der Waals surface area contributed by atoms with Crippen LogP contribution in [0.15, 0.2) is 0 Å². The molecule has 4 heteroatoms. The minimum absolute atomic E-state index is 0.0851. The first-order chi connectivity index (χ1) is 6.77. The monoisotopic (exact) mass is 198 g/mol. The SMILES string of the molecule is NC1COCC1C(=O)NC1CCCC1. The summed E-state index contributed by atoms with van der Waals surface area (Å²) in [7, 11) is 0. The summed E-state index contributed by atoms with van der Waals surface area (Å²) in [5.41, 5.74) is 5.77. The normalized spacial score (nSPS) is 33.5. The zero-order valence-electron chi connectivity index (χ0n) is 8.37. The van der Waals surface area contributed by atoms with Crippen molar-refractivity contribution in [1.82, 2.24) is 5.32 Å². The van der Waals surface area contributed by atoms with Crippen LogP contribution in [0, 0.1) is 5.92 Å². The maximum atomic E-state index is 11.7. The Morgan fingerprint density at radius 3 is 2.57 bits per heavy atom. The molecule has 2 fully saturated rings. The molecule has 1 heterocycles. The lowest BCUT2D eigenvalue weighted by Gasteiger charge is -2.17. The van der Waals surface area contributed by atoms with Gasteiger partial charge in [-0.25, -0.2) is 0 Å². The molecule has 1 amide bonds. The summed E-state index contributed by atoms with van der Waals surface area (Å²) in [6.45, 7) is 1.00. The molecule has 0 bridgehead atoms. The molecule has 2 rings (SSSR count). The molecule has 3 N–H and O–H groups in total. The number of amides is 1. The predicted octanol–water partition coefficient (Wildman–Crippen LogP) is 0.0189. The minimum Gasteiger partial charge on any atom is -0.379 e. The third-order valence-electron chi connectivity index (χ3n) is 3.16. The molecular weight excluding hydrogens is 180 g/mol. The lowest BCUT2D eigenvalue weighted by Crippen LogP contribution is -2.44. The van der Waals surface area contributed by atoms with Gasteiger partial charge in [-0.05, 0) is 12.8 Å². The number of hydrogen-bond donors (Lipinski definition) is 2. The van der Waals surface area contributed by atoms with Crippen LogP contribution in [-0.4, -0.2) is 31.2 Å². The van der Waals surface area contributed by atoms with Crippen molar-refractivity contribution in [3.8, 4) is 0 Å². The first kappa shape index (κ1) is 9.93. The Balaban J connectivity index is 1.82. The highest BCUT2D eigenvalue weighted by atomic mass is 16.5. The maximum absolute atomic E-state index is 11.7. The van der Waals surface area contributed by atoms with Gasteiger partial charge in [-0.15, -0.1) is 0 Å². The molecule has 1 aliphatic heterocycles. The number of carbonyl (C=O) groups excluding carboxylic acids is 1. The number of rotatable bonds is 2. The summed E-state index contributed by atoms with van der Waals surface area (Å²) in [5.74, 6) is -0.0440. The van der Waals surface area contributed by atoms with E-state index in [1.54, 1.807) is 0 Å². The molecule has 4 nitrogen and oxygen atoms in total. The van der Waals surface area contributed by atoms with E-state index < -0.39 is 0 Å². The highest BCUT2D eigenvalue weighted by molar-refractivity contribution is 5.80. The molecule has 2 aliphatic rings. The largest absolute Gasteiger partial charge is 0.379 e. The number of nitrogens with two attached hydrogens (primary N) is 1. The molecular formula is C10H18N2O2. The van der Waals surface area contributed by atoms with Gasteiger partial charge in [0.1, 0.15) is 0 Å². The van der Waals surface area contributed by atoms with Crippen LogP contribution in [0.2, 0.25) is 0 Å². The van der Waals surface area contributed by atoms with Crippen LogP contribution < -0.4 is 11.1 Å².